The third-order valence-corrected chi connectivity index (χ3v) is 1.70. The Balaban J connectivity index is 4.00. The largest absolute Gasteiger partial charge is 0.498 e. The molecule has 0 spiro atoms. The van der Waals surface area contributed by atoms with Crippen LogP contribution in [0.1, 0.15) is 27.2 Å². The van der Waals surface area contributed by atoms with Crippen molar-refractivity contribution in [2.45, 2.75) is 27.2 Å². The van der Waals surface area contributed by atoms with Gasteiger partial charge < -0.3 is 9.47 Å². The lowest BCUT2D eigenvalue weighted by Crippen LogP contribution is -2.21. The molecule has 0 aromatic rings. The Morgan fingerprint density at radius 2 is 1.81 bits per heavy atom. The lowest BCUT2D eigenvalue weighted by Gasteiger charge is -2.01. The van der Waals surface area contributed by atoms with Gasteiger partial charge in [-0.05, 0) is 6.92 Å². The highest BCUT2D eigenvalue weighted by molar-refractivity contribution is 6.37. The molecule has 0 heterocycles. The first kappa shape index (κ1) is 14.3. The van der Waals surface area contributed by atoms with Gasteiger partial charge in [0.25, 0.3) is 0 Å². The van der Waals surface area contributed by atoms with Gasteiger partial charge in [0.2, 0.25) is 5.78 Å². The number of Topliss-reactive ketones (excluding diaryl/α,β-unsaturated/α-hetero) is 2. The Bertz CT molecular complexity index is 291. The molecule has 0 aliphatic rings. The van der Waals surface area contributed by atoms with E-state index in [9.17, 15) is 14.4 Å². The highest BCUT2D eigenvalue weighted by Crippen LogP contribution is 2.00. The minimum absolute atomic E-state index is 0.268. The predicted octanol–water partition coefficient (Wildman–Crippen LogP) is 1.22. The van der Waals surface area contributed by atoms with E-state index in [-0.39, 0.29) is 11.7 Å². The second-order valence-corrected chi connectivity index (χ2v) is 3.35. The molecule has 5 nitrogen and oxygen atoms in total. The Kier molecular flexibility index (Phi) is 6.83. The lowest BCUT2D eigenvalue weighted by molar-refractivity contribution is -0.151. The smallest absolute Gasteiger partial charge is 0.379 e. The molecular weight excluding hydrogens is 212 g/mol. The van der Waals surface area contributed by atoms with Crippen molar-refractivity contribution < 1.29 is 23.9 Å². The second kappa shape index (κ2) is 7.62. The van der Waals surface area contributed by atoms with Crippen LogP contribution in [0, 0.1) is 5.92 Å². The molecule has 0 rings (SSSR count). The van der Waals surface area contributed by atoms with Crippen LogP contribution in [0.15, 0.2) is 12.5 Å². The summed E-state index contributed by atoms with van der Waals surface area (Å²) in [5.74, 6) is -2.45. The molecule has 0 bridgehead atoms. The van der Waals surface area contributed by atoms with Gasteiger partial charge in [0.15, 0.2) is 0 Å². The predicted molar refractivity (Wildman–Crippen MR) is 56.3 cm³/mol. The fraction of sp³-hybridized carbons (Fsp3) is 0.545. The Morgan fingerprint density at radius 3 is 2.31 bits per heavy atom. The van der Waals surface area contributed by atoms with Crippen LogP contribution < -0.4 is 0 Å². The lowest BCUT2D eigenvalue weighted by atomic mass is 10.0. The van der Waals surface area contributed by atoms with Gasteiger partial charge in [-0.1, -0.05) is 13.8 Å². The molecule has 0 radical (unpaired) electrons. The molecule has 0 unspecified atom stereocenters. The number of carbonyl (C=O) groups is 3. The van der Waals surface area contributed by atoms with Gasteiger partial charge in [-0.25, -0.2) is 4.79 Å². The van der Waals surface area contributed by atoms with Gasteiger partial charge in [-0.15, -0.1) is 0 Å². The molecule has 0 aliphatic heterocycles. The van der Waals surface area contributed by atoms with E-state index in [2.05, 4.69) is 4.74 Å². The zero-order valence-electron chi connectivity index (χ0n) is 9.69. The first-order valence-electron chi connectivity index (χ1n) is 5.02. The molecule has 90 valence electrons. The molecule has 0 atom stereocenters. The normalized spacial score (nSPS) is 10.5. The third kappa shape index (κ3) is 5.95. The van der Waals surface area contributed by atoms with Crippen LogP contribution in [-0.2, 0) is 23.9 Å². The van der Waals surface area contributed by atoms with E-state index in [0.717, 1.165) is 12.5 Å². The van der Waals surface area contributed by atoms with Gasteiger partial charge >= 0.3 is 5.97 Å². The van der Waals surface area contributed by atoms with Crippen LogP contribution >= 0.6 is 0 Å². The summed E-state index contributed by atoms with van der Waals surface area (Å²) >= 11 is 0. The Morgan fingerprint density at radius 1 is 1.19 bits per heavy atom. The summed E-state index contributed by atoms with van der Waals surface area (Å²) in [4.78, 5) is 33.3. The average molecular weight is 228 g/mol. The maximum Gasteiger partial charge on any atom is 0.379 e. The minimum atomic E-state index is -1.05. The maximum absolute atomic E-state index is 11.2. The number of ketones is 2. The first-order chi connectivity index (χ1) is 7.49. The first-order valence-corrected chi connectivity index (χ1v) is 5.02. The number of esters is 1. The Labute approximate surface area is 94.4 Å². The summed E-state index contributed by atoms with van der Waals surface area (Å²) in [6.07, 6.45) is 1.72. The zero-order chi connectivity index (χ0) is 12.6. The van der Waals surface area contributed by atoms with E-state index in [1.54, 1.807) is 20.8 Å². The van der Waals surface area contributed by atoms with Crippen LogP contribution in [-0.4, -0.2) is 24.1 Å². The van der Waals surface area contributed by atoms with Crippen LogP contribution in [0.3, 0.4) is 0 Å². The maximum atomic E-state index is 11.2. The average Bonchev–Trinajstić information content (AvgIpc) is 2.23. The quantitative estimate of drug-likeness (QED) is 0.283. The van der Waals surface area contributed by atoms with Crippen molar-refractivity contribution in [2.24, 2.45) is 5.92 Å². The van der Waals surface area contributed by atoms with Crippen molar-refractivity contribution in [3.05, 3.63) is 12.5 Å². The van der Waals surface area contributed by atoms with Gasteiger partial charge in [0.1, 0.15) is 18.3 Å². The summed E-state index contributed by atoms with van der Waals surface area (Å²) in [7, 11) is 0. The summed E-state index contributed by atoms with van der Waals surface area (Å²) < 4.78 is 9.19. The van der Waals surface area contributed by atoms with Crippen LogP contribution in [0.4, 0.5) is 0 Å². The molecule has 0 aromatic heterocycles. The van der Waals surface area contributed by atoms with Gasteiger partial charge in [0.05, 0.1) is 13.0 Å². The molecule has 0 saturated heterocycles. The van der Waals surface area contributed by atoms with E-state index in [1.807, 2.05) is 0 Å². The zero-order valence-corrected chi connectivity index (χ0v) is 9.69. The van der Waals surface area contributed by atoms with Gasteiger partial charge in [-0.2, -0.15) is 0 Å². The summed E-state index contributed by atoms with van der Waals surface area (Å²) in [6.45, 7) is 5.53. The van der Waals surface area contributed by atoms with E-state index in [1.165, 1.54) is 0 Å². The van der Waals surface area contributed by atoms with Crippen molar-refractivity contribution in [3.8, 4) is 0 Å². The van der Waals surface area contributed by atoms with Crippen LogP contribution in [0.5, 0.6) is 0 Å². The monoisotopic (exact) mass is 228 g/mol. The number of carbonyl (C=O) groups excluding carboxylic acids is 3. The molecule has 16 heavy (non-hydrogen) atoms. The highest BCUT2D eigenvalue weighted by atomic mass is 16.5. The van der Waals surface area contributed by atoms with Crippen molar-refractivity contribution in [3.63, 3.8) is 0 Å². The molecule has 5 heteroatoms. The standard InChI is InChI=1S/C11H16O5/c1-4-15-5-6-16-11(14)10(13)7-9(12)8(2)3/h5-6,8H,4,7H2,1-3H3. The summed E-state index contributed by atoms with van der Waals surface area (Å²) in [6, 6.07) is 0. The van der Waals surface area contributed by atoms with Gasteiger partial charge in [-0.3, -0.25) is 9.59 Å². The molecule has 0 amide bonds. The van der Waals surface area contributed by atoms with E-state index >= 15 is 0 Å². The molecule has 0 N–H and O–H groups in total. The fourth-order valence-electron chi connectivity index (χ4n) is 0.725. The Hall–Kier alpha value is -1.65. The fourth-order valence-corrected chi connectivity index (χ4v) is 0.725. The third-order valence-electron chi connectivity index (χ3n) is 1.70. The molecule has 0 aliphatic carbocycles. The second-order valence-electron chi connectivity index (χ2n) is 3.35. The molecule has 0 aromatic carbocycles. The molecule has 0 fully saturated rings. The van der Waals surface area contributed by atoms with Crippen molar-refractivity contribution in [1.82, 2.24) is 0 Å². The van der Waals surface area contributed by atoms with Crippen LogP contribution in [0.25, 0.3) is 0 Å². The molecule has 0 saturated carbocycles. The van der Waals surface area contributed by atoms with E-state index in [4.69, 9.17) is 4.74 Å². The number of rotatable bonds is 7. The van der Waals surface area contributed by atoms with Crippen molar-refractivity contribution in [1.29, 1.82) is 0 Å². The number of hydrogen-bond acceptors (Lipinski definition) is 5. The highest BCUT2D eigenvalue weighted by Gasteiger charge is 2.20. The summed E-state index contributed by atoms with van der Waals surface area (Å²) in [5.41, 5.74) is 0. The van der Waals surface area contributed by atoms with Crippen molar-refractivity contribution >= 4 is 17.5 Å². The minimum Gasteiger partial charge on any atom is -0.498 e. The topological polar surface area (TPSA) is 69.7 Å². The SMILES string of the molecule is CCOC=COC(=O)C(=O)CC(=O)C(C)C. The van der Waals surface area contributed by atoms with Gasteiger partial charge in [0, 0.05) is 5.92 Å². The van der Waals surface area contributed by atoms with Crippen molar-refractivity contribution in [2.75, 3.05) is 6.61 Å². The number of hydrogen-bond donors (Lipinski definition) is 0. The summed E-state index contributed by atoms with van der Waals surface area (Å²) in [5, 5.41) is 0. The van der Waals surface area contributed by atoms with Crippen LogP contribution in [0.2, 0.25) is 0 Å². The molecular formula is C11H16O5. The van der Waals surface area contributed by atoms with E-state index < -0.39 is 18.2 Å². The number of ether oxygens (including phenoxy) is 2. The van der Waals surface area contributed by atoms with E-state index in [0.29, 0.717) is 6.61 Å².